The van der Waals surface area contributed by atoms with E-state index in [0.717, 1.165) is 11.3 Å². The summed E-state index contributed by atoms with van der Waals surface area (Å²) >= 11 is 0. The molecule has 0 heteroatoms. The highest BCUT2D eigenvalue weighted by Gasteiger charge is 2.36. The second kappa shape index (κ2) is 3.40. The van der Waals surface area contributed by atoms with Crippen LogP contribution in [0.4, 0.5) is 0 Å². The lowest BCUT2D eigenvalue weighted by Gasteiger charge is -2.27. The second-order valence-corrected chi connectivity index (χ2v) is 5.26. The van der Waals surface area contributed by atoms with Crippen molar-refractivity contribution in [2.75, 3.05) is 0 Å². The summed E-state index contributed by atoms with van der Waals surface area (Å²) in [5.74, 6) is 1.03. The van der Waals surface area contributed by atoms with E-state index in [0.29, 0.717) is 0 Å². The lowest BCUT2D eigenvalue weighted by Crippen LogP contribution is -2.15. The molecular weight excluding hydrogens is 144 g/mol. The Bertz CT molecular complexity index is 140. The van der Waals surface area contributed by atoms with Gasteiger partial charge in [0.15, 0.2) is 0 Å². The van der Waals surface area contributed by atoms with Gasteiger partial charge in [-0.1, -0.05) is 39.0 Å². The Morgan fingerprint density at radius 3 is 2.08 bits per heavy atom. The maximum atomic E-state index is 2.44. The van der Waals surface area contributed by atoms with Crippen molar-refractivity contribution in [3.8, 4) is 0 Å². The molecule has 2 saturated carbocycles. The molecule has 0 aromatic heterocycles. The molecule has 1 spiro atoms. The van der Waals surface area contributed by atoms with E-state index in [9.17, 15) is 0 Å². The molecule has 2 aliphatic carbocycles. The molecular formula is C12H22. The van der Waals surface area contributed by atoms with E-state index < -0.39 is 0 Å². The SMILES string of the molecule is CC1CCC2(CCCCCC2)C1. The van der Waals surface area contributed by atoms with Gasteiger partial charge in [0.1, 0.15) is 0 Å². The van der Waals surface area contributed by atoms with Crippen LogP contribution in [0.1, 0.15) is 64.7 Å². The molecule has 0 aromatic rings. The van der Waals surface area contributed by atoms with Crippen molar-refractivity contribution >= 4 is 0 Å². The molecule has 0 heterocycles. The van der Waals surface area contributed by atoms with Crippen LogP contribution in [0.2, 0.25) is 0 Å². The van der Waals surface area contributed by atoms with Gasteiger partial charge in [0, 0.05) is 0 Å². The zero-order valence-electron chi connectivity index (χ0n) is 8.44. The van der Waals surface area contributed by atoms with Crippen LogP contribution >= 0.6 is 0 Å². The van der Waals surface area contributed by atoms with E-state index in [1.165, 1.54) is 32.1 Å². The van der Waals surface area contributed by atoms with Crippen LogP contribution in [0.3, 0.4) is 0 Å². The molecule has 12 heavy (non-hydrogen) atoms. The van der Waals surface area contributed by atoms with Gasteiger partial charge < -0.3 is 0 Å². The van der Waals surface area contributed by atoms with Gasteiger partial charge in [-0.3, -0.25) is 0 Å². The van der Waals surface area contributed by atoms with Crippen molar-refractivity contribution in [2.24, 2.45) is 11.3 Å². The molecule has 0 bridgehead atoms. The largest absolute Gasteiger partial charge is 0.0625 e. The summed E-state index contributed by atoms with van der Waals surface area (Å²) in [4.78, 5) is 0. The summed E-state index contributed by atoms with van der Waals surface area (Å²) in [6.45, 7) is 2.44. The van der Waals surface area contributed by atoms with E-state index >= 15 is 0 Å². The summed E-state index contributed by atoms with van der Waals surface area (Å²) in [6.07, 6.45) is 13.8. The average Bonchev–Trinajstić information content (AvgIpc) is 2.30. The molecule has 2 aliphatic rings. The van der Waals surface area contributed by atoms with Gasteiger partial charge >= 0.3 is 0 Å². The van der Waals surface area contributed by atoms with E-state index in [-0.39, 0.29) is 0 Å². The first kappa shape index (κ1) is 8.59. The van der Waals surface area contributed by atoms with Crippen LogP contribution in [-0.2, 0) is 0 Å². The highest BCUT2D eigenvalue weighted by atomic mass is 14.4. The number of hydrogen-bond acceptors (Lipinski definition) is 0. The summed E-state index contributed by atoms with van der Waals surface area (Å²) in [6, 6.07) is 0. The first-order valence-electron chi connectivity index (χ1n) is 5.81. The van der Waals surface area contributed by atoms with Gasteiger partial charge in [-0.05, 0) is 37.0 Å². The van der Waals surface area contributed by atoms with Crippen LogP contribution in [0.25, 0.3) is 0 Å². The van der Waals surface area contributed by atoms with E-state index in [2.05, 4.69) is 6.92 Å². The topological polar surface area (TPSA) is 0 Å². The number of hydrogen-bond donors (Lipinski definition) is 0. The van der Waals surface area contributed by atoms with Crippen molar-refractivity contribution in [2.45, 2.75) is 64.7 Å². The maximum Gasteiger partial charge on any atom is -0.0295 e. The molecule has 2 fully saturated rings. The Balaban J connectivity index is 1.98. The highest BCUT2D eigenvalue weighted by molar-refractivity contribution is 4.88. The molecule has 1 unspecified atom stereocenters. The smallest absolute Gasteiger partial charge is 0.0295 e. The van der Waals surface area contributed by atoms with Gasteiger partial charge in [-0.2, -0.15) is 0 Å². The summed E-state index contributed by atoms with van der Waals surface area (Å²) in [5, 5.41) is 0. The van der Waals surface area contributed by atoms with Gasteiger partial charge in [-0.25, -0.2) is 0 Å². The van der Waals surface area contributed by atoms with Gasteiger partial charge in [0.05, 0.1) is 0 Å². The maximum absolute atomic E-state index is 2.44. The van der Waals surface area contributed by atoms with Crippen molar-refractivity contribution in [1.82, 2.24) is 0 Å². The molecule has 0 saturated heterocycles. The van der Waals surface area contributed by atoms with Crippen molar-refractivity contribution in [3.05, 3.63) is 0 Å². The minimum absolute atomic E-state index is 0.829. The molecule has 0 aromatic carbocycles. The average molecular weight is 166 g/mol. The van der Waals surface area contributed by atoms with Crippen molar-refractivity contribution in [1.29, 1.82) is 0 Å². The molecule has 0 aliphatic heterocycles. The molecule has 0 N–H and O–H groups in total. The van der Waals surface area contributed by atoms with Gasteiger partial charge in [-0.15, -0.1) is 0 Å². The molecule has 2 rings (SSSR count). The minimum atomic E-state index is 0.829. The second-order valence-electron chi connectivity index (χ2n) is 5.26. The third kappa shape index (κ3) is 1.67. The summed E-state index contributed by atoms with van der Waals surface area (Å²) in [5.41, 5.74) is 0.829. The Kier molecular flexibility index (Phi) is 2.43. The fraction of sp³-hybridized carbons (Fsp3) is 1.00. The molecule has 0 nitrogen and oxygen atoms in total. The lowest BCUT2D eigenvalue weighted by molar-refractivity contribution is 0.245. The van der Waals surface area contributed by atoms with Crippen molar-refractivity contribution < 1.29 is 0 Å². The fourth-order valence-electron chi connectivity index (χ4n) is 3.43. The predicted octanol–water partition coefficient (Wildman–Crippen LogP) is 4.15. The summed E-state index contributed by atoms with van der Waals surface area (Å²) in [7, 11) is 0. The Morgan fingerprint density at radius 1 is 0.917 bits per heavy atom. The minimum Gasteiger partial charge on any atom is -0.0625 e. The van der Waals surface area contributed by atoms with Crippen LogP contribution in [-0.4, -0.2) is 0 Å². The molecule has 1 atom stereocenters. The lowest BCUT2D eigenvalue weighted by atomic mass is 9.78. The zero-order chi connectivity index (χ0) is 8.44. The molecule has 0 amide bonds. The Labute approximate surface area is 76.7 Å². The normalized spacial score (nSPS) is 35.2. The zero-order valence-corrected chi connectivity index (χ0v) is 8.44. The third-order valence-electron chi connectivity index (χ3n) is 4.11. The van der Waals surface area contributed by atoms with Crippen LogP contribution in [0, 0.1) is 11.3 Å². The van der Waals surface area contributed by atoms with Crippen LogP contribution < -0.4 is 0 Å². The van der Waals surface area contributed by atoms with Gasteiger partial charge in [0.2, 0.25) is 0 Å². The molecule has 70 valence electrons. The fourth-order valence-corrected chi connectivity index (χ4v) is 3.43. The van der Waals surface area contributed by atoms with Crippen molar-refractivity contribution in [3.63, 3.8) is 0 Å². The Morgan fingerprint density at radius 2 is 1.58 bits per heavy atom. The first-order chi connectivity index (χ1) is 5.81. The third-order valence-corrected chi connectivity index (χ3v) is 4.11. The van der Waals surface area contributed by atoms with E-state index in [1.807, 2.05) is 0 Å². The van der Waals surface area contributed by atoms with Gasteiger partial charge in [0.25, 0.3) is 0 Å². The van der Waals surface area contributed by atoms with E-state index in [1.54, 1.807) is 25.7 Å². The first-order valence-corrected chi connectivity index (χ1v) is 5.81. The molecule has 0 radical (unpaired) electrons. The predicted molar refractivity (Wildman–Crippen MR) is 53.2 cm³/mol. The van der Waals surface area contributed by atoms with E-state index in [4.69, 9.17) is 0 Å². The Hall–Kier alpha value is 0. The number of rotatable bonds is 0. The summed E-state index contributed by atoms with van der Waals surface area (Å²) < 4.78 is 0. The quantitative estimate of drug-likeness (QED) is 0.507. The highest BCUT2D eigenvalue weighted by Crippen LogP contribution is 2.50. The monoisotopic (exact) mass is 166 g/mol. The standard InChI is InChI=1S/C12H22/c1-11-6-9-12(10-11)7-4-2-3-5-8-12/h11H,2-10H2,1H3. The van der Waals surface area contributed by atoms with Crippen LogP contribution in [0.5, 0.6) is 0 Å². The van der Waals surface area contributed by atoms with Crippen LogP contribution in [0.15, 0.2) is 0 Å².